The Kier molecular flexibility index (Phi) is 2.70. The van der Waals surface area contributed by atoms with E-state index < -0.39 is 5.97 Å². The van der Waals surface area contributed by atoms with E-state index in [4.69, 9.17) is 9.52 Å². The zero-order chi connectivity index (χ0) is 12.7. The summed E-state index contributed by atoms with van der Waals surface area (Å²) < 4.78 is 5.51. The predicted octanol–water partition coefficient (Wildman–Crippen LogP) is 2.97. The average molecular weight is 263 g/mol. The van der Waals surface area contributed by atoms with Crippen LogP contribution in [-0.2, 0) is 11.2 Å². The number of aryl methyl sites for hydroxylation is 1. The molecule has 2 aromatic heterocycles. The zero-order valence-corrected chi connectivity index (χ0v) is 10.7. The standard InChI is InChI=1S/C13H13NO3S/c1-7-2-3-11(17-7)10-6-18-12(14-10)5-8-4-9(8)13(15)16/h2-3,6,8-9H,4-5H2,1H3,(H,15,16). The normalized spacial score (nSPS) is 22.1. The van der Waals surface area contributed by atoms with Crippen LogP contribution in [0, 0.1) is 18.8 Å². The van der Waals surface area contributed by atoms with E-state index in [9.17, 15) is 4.79 Å². The molecule has 18 heavy (non-hydrogen) atoms. The summed E-state index contributed by atoms with van der Waals surface area (Å²) in [7, 11) is 0. The van der Waals surface area contributed by atoms with Gasteiger partial charge in [-0.15, -0.1) is 11.3 Å². The maximum Gasteiger partial charge on any atom is 0.306 e. The Morgan fingerprint density at radius 3 is 3.06 bits per heavy atom. The number of rotatable bonds is 4. The van der Waals surface area contributed by atoms with Gasteiger partial charge in [0.2, 0.25) is 0 Å². The van der Waals surface area contributed by atoms with E-state index >= 15 is 0 Å². The number of hydrogen-bond donors (Lipinski definition) is 1. The summed E-state index contributed by atoms with van der Waals surface area (Å²) in [6.07, 6.45) is 1.55. The van der Waals surface area contributed by atoms with Crippen LogP contribution in [0.25, 0.3) is 11.5 Å². The van der Waals surface area contributed by atoms with Crippen molar-refractivity contribution < 1.29 is 14.3 Å². The molecule has 3 rings (SSSR count). The van der Waals surface area contributed by atoms with Gasteiger partial charge in [0, 0.05) is 11.8 Å². The molecule has 2 heterocycles. The van der Waals surface area contributed by atoms with E-state index in [-0.39, 0.29) is 11.8 Å². The number of carboxylic acid groups (broad SMARTS) is 1. The fourth-order valence-corrected chi connectivity index (χ4v) is 2.97. The van der Waals surface area contributed by atoms with E-state index in [2.05, 4.69) is 4.98 Å². The maximum absolute atomic E-state index is 10.8. The molecule has 1 saturated carbocycles. The highest BCUT2D eigenvalue weighted by atomic mass is 32.1. The molecular weight excluding hydrogens is 250 g/mol. The lowest BCUT2D eigenvalue weighted by Gasteiger charge is -1.93. The molecule has 2 aromatic rings. The zero-order valence-electron chi connectivity index (χ0n) is 9.92. The van der Waals surface area contributed by atoms with Crippen LogP contribution in [0.15, 0.2) is 21.9 Å². The van der Waals surface area contributed by atoms with Gasteiger partial charge in [0.1, 0.15) is 11.5 Å². The quantitative estimate of drug-likeness (QED) is 0.921. The van der Waals surface area contributed by atoms with Crippen molar-refractivity contribution in [3.05, 3.63) is 28.3 Å². The van der Waals surface area contributed by atoms with E-state index in [0.29, 0.717) is 0 Å². The minimum absolute atomic E-state index is 0.164. The predicted molar refractivity (Wildman–Crippen MR) is 67.5 cm³/mol. The number of hydrogen-bond acceptors (Lipinski definition) is 4. The van der Waals surface area contributed by atoms with Gasteiger partial charge in [-0.25, -0.2) is 4.98 Å². The third-order valence-electron chi connectivity index (χ3n) is 3.22. The van der Waals surface area contributed by atoms with Crippen molar-refractivity contribution in [2.75, 3.05) is 0 Å². The molecule has 1 fully saturated rings. The van der Waals surface area contributed by atoms with Gasteiger partial charge in [-0.05, 0) is 31.4 Å². The molecule has 0 bridgehead atoms. The van der Waals surface area contributed by atoms with E-state index in [1.165, 1.54) is 0 Å². The first-order valence-corrected chi connectivity index (χ1v) is 6.75. The molecule has 0 saturated heterocycles. The van der Waals surface area contributed by atoms with Gasteiger partial charge < -0.3 is 9.52 Å². The highest BCUT2D eigenvalue weighted by Gasteiger charge is 2.43. The Labute approximate surface area is 108 Å². The maximum atomic E-state index is 10.8. The lowest BCUT2D eigenvalue weighted by Crippen LogP contribution is -2.00. The molecule has 2 unspecified atom stereocenters. The number of nitrogens with zero attached hydrogens (tertiary/aromatic N) is 1. The highest BCUT2D eigenvalue weighted by Crippen LogP contribution is 2.41. The van der Waals surface area contributed by atoms with Crippen molar-refractivity contribution in [2.24, 2.45) is 11.8 Å². The number of aromatic nitrogens is 1. The van der Waals surface area contributed by atoms with Crippen LogP contribution in [0.4, 0.5) is 0 Å². The topological polar surface area (TPSA) is 63.3 Å². The first-order valence-electron chi connectivity index (χ1n) is 5.87. The van der Waals surface area contributed by atoms with Crippen molar-refractivity contribution in [2.45, 2.75) is 19.8 Å². The second-order valence-corrected chi connectivity index (χ2v) is 5.62. The minimum atomic E-state index is -0.682. The monoisotopic (exact) mass is 263 g/mol. The van der Waals surface area contributed by atoms with Gasteiger partial charge in [-0.2, -0.15) is 0 Å². The summed E-state index contributed by atoms with van der Waals surface area (Å²) in [4.78, 5) is 15.3. The molecule has 2 atom stereocenters. The number of aliphatic carboxylic acids is 1. The largest absolute Gasteiger partial charge is 0.481 e. The smallest absolute Gasteiger partial charge is 0.306 e. The van der Waals surface area contributed by atoms with Crippen LogP contribution in [0.2, 0.25) is 0 Å². The molecule has 0 radical (unpaired) electrons. The average Bonchev–Trinajstić information content (AvgIpc) is 2.71. The summed E-state index contributed by atoms with van der Waals surface area (Å²) in [6.45, 7) is 1.90. The van der Waals surface area contributed by atoms with Gasteiger partial charge in [-0.1, -0.05) is 0 Å². The van der Waals surface area contributed by atoms with Crippen LogP contribution in [0.5, 0.6) is 0 Å². The second kappa shape index (κ2) is 4.24. The molecule has 0 spiro atoms. The molecule has 5 heteroatoms. The van der Waals surface area contributed by atoms with Gasteiger partial charge in [-0.3, -0.25) is 4.79 Å². The number of furan rings is 1. The van der Waals surface area contributed by atoms with E-state index in [0.717, 1.165) is 35.1 Å². The Morgan fingerprint density at radius 2 is 2.44 bits per heavy atom. The summed E-state index contributed by atoms with van der Waals surface area (Å²) in [5.41, 5.74) is 0.843. The lowest BCUT2D eigenvalue weighted by molar-refractivity contribution is -0.138. The summed E-state index contributed by atoms with van der Waals surface area (Å²) in [5, 5.41) is 11.8. The number of thiazole rings is 1. The summed E-state index contributed by atoms with van der Waals surface area (Å²) in [5.74, 6) is 1.06. The van der Waals surface area contributed by atoms with Crippen molar-refractivity contribution in [3.63, 3.8) is 0 Å². The summed E-state index contributed by atoms with van der Waals surface area (Å²) in [6, 6.07) is 3.82. The van der Waals surface area contributed by atoms with Crippen molar-refractivity contribution >= 4 is 17.3 Å². The highest BCUT2D eigenvalue weighted by molar-refractivity contribution is 7.09. The van der Waals surface area contributed by atoms with Crippen molar-refractivity contribution in [1.82, 2.24) is 4.98 Å². The molecule has 1 aliphatic rings. The fraction of sp³-hybridized carbons (Fsp3) is 0.385. The third-order valence-corrected chi connectivity index (χ3v) is 4.09. The number of carbonyl (C=O) groups is 1. The molecule has 0 aromatic carbocycles. The first kappa shape index (κ1) is 11.5. The van der Waals surface area contributed by atoms with Crippen LogP contribution in [-0.4, -0.2) is 16.1 Å². The fourth-order valence-electron chi connectivity index (χ4n) is 2.09. The minimum Gasteiger partial charge on any atom is -0.481 e. The molecule has 1 aliphatic carbocycles. The van der Waals surface area contributed by atoms with Gasteiger partial charge in [0.05, 0.1) is 10.9 Å². The van der Waals surface area contributed by atoms with Crippen LogP contribution < -0.4 is 0 Å². The van der Waals surface area contributed by atoms with E-state index in [1.54, 1.807) is 11.3 Å². The Morgan fingerprint density at radius 1 is 1.61 bits per heavy atom. The molecule has 94 valence electrons. The first-order chi connectivity index (χ1) is 8.63. The Hall–Kier alpha value is -1.62. The van der Waals surface area contributed by atoms with Gasteiger partial charge in [0.15, 0.2) is 5.76 Å². The van der Waals surface area contributed by atoms with Gasteiger partial charge in [0.25, 0.3) is 0 Å². The van der Waals surface area contributed by atoms with Crippen LogP contribution in [0.3, 0.4) is 0 Å². The Bertz CT molecular complexity index is 587. The molecule has 0 amide bonds. The van der Waals surface area contributed by atoms with Gasteiger partial charge >= 0.3 is 5.97 Å². The second-order valence-electron chi connectivity index (χ2n) is 4.68. The summed E-state index contributed by atoms with van der Waals surface area (Å²) >= 11 is 1.57. The molecular formula is C13H13NO3S. The molecule has 4 nitrogen and oxygen atoms in total. The Balaban J connectivity index is 1.69. The van der Waals surface area contributed by atoms with E-state index in [1.807, 2.05) is 24.4 Å². The van der Waals surface area contributed by atoms with Crippen LogP contribution in [0.1, 0.15) is 17.2 Å². The molecule has 0 aliphatic heterocycles. The number of carboxylic acids is 1. The SMILES string of the molecule is Cc1ccc(-c2csc(CC3CC3C(=O)O)n2)o1. The van der Waals surface area contributed by atoms with Crippen molar-refractivity contribution in [1.29, 1.82) is 0 Å². The third kappa shape index (κ3) is 2.18. The molecule has 1 N–H and O–H groups in total. The lowest BCUT2D eigenvalue weighted by atomic mass is 10.2. The van der Waals surface area contributed by atoms with Crippen molar-refractivity contribution in [3.8, 4) is 11.5 Å². The van der Waals surface area contributed by atoms with Crippen LogP contribution >= 0.6 is 11.3 Å².